The number of rotatable bonds is 4. The summed E-state index contributed by atoms with van der Waals surface area (Å²) in [6, 6.07) is 5.50. The molecule has 0 unspecified atom stereocenters. The van der Waals surface area contributed by atoms with Gasteiger partial charge in [0.25, 0.3) is 5.91 Å². The number of hydrogen-bond acceptors (Lipinski definition) is 3. The smallest absolute Gasteiger partial charge is 0.312 e. The van der Waals surface area contributed by atoms with E-state index in [9.17, 15) is 14.4 Å². The number of carbonyl (C=O) groups excluding carboxylic acids is 3. The number of nitrogens with zero attached hydrogens (tertiary/aromatic N) is 2. The first-order chi connectivity index (χ1) is 9.97. The third-order valence-corrected chi connectivity index (χ3v) is 4.07. The van der Waals surface area contributed by atoms with E-state index in [1.165, 1.54) is 0 Å². The number of Topliss-reactive ketones (excluding diaryl/α,β-unsaturated/α-hetero) is 1. The molecule has 1 heterocycles. The van der Waals surface area contributed by atoms with Crippen molar-refractivity contribution in [1.29, 1.82) is 0 Å². The van der Waals surface area contributed by atoms with Crippen molar-refractivity contribution >= 4 is 17.7 Å². The zero-order valence-corrected chi connectivity index (χ0v) is 12.3. The van der Waals surface area contributed by atoms with Crippen LogP contribution < -0.4 is 0 Å². The van der Waals surface area contributed by atoms with Gasteiger partial charge >= 0.3 is 6.03 Å². The van der Waals surface area contributed by atoms with Crippen LogP contribution in [0.25, 0.3) is 0 Å². The van der Waals surface area contributed by atoms with Gasteiger partial charge in [-0.15, -0.1) is 0 Å². The Bertz CT molecular complexity index is 634. The summed E-state index contributed by atoms with van der Waals surface area (Å²) in [5.74, 6) is -0.457. The number of amides is 3. The first-order valence-electron chi connectivity index (χ1n) is 7.19. The lowest BCUT2D eigenvalue weighted by Gasteiger charge is -2.16. The summed E-state index contributed by atoms with van der Waals surface area (Å²) in [4.78, 5) is 39.2. The molecule has 0 bridgehead atoms. The van der Waals surface area contributed by atoms with Crippen LogP contribution in [0.5, 0.6) is 0 Å². The van der Waals surface area contributed by atoms with Gasteiger partial charge < -0.3 is 4.90 Å². The molecule has 110 valence electrons. The molecule has 0 radical (unpaired) electrons. The largest absolute Gasteiger partial charge is 0.327 e. The van der Waals surface area contributed by atoms with Crippen LogP contribution in [0.3, 0.4) is 0 Å². The second-order valence-electron chi connectivity index (χ2n) is 5.86. The van der Waals surface area contributed by atoms with Crippen LogP contribution in [0.4, 0.5) is 4.79 Å². The Morgan fingerprint density at radius 3 is 2.62 bits per heavy atom. The van der Waals surface area contributed by atoms with E-state index in [4.69, 9.17) is 0 Å². The van der Waals surface area contributed by atoms with Crippen LogP contribution in [-0.4, -0.2) is 46.7 Å². The average Bonchev–Trinajstić information content (AvgIpc) is 3.24. The molecule has 1 aromatic rings. The summed E-state index contributed by atoms with van der Waals surface area (Å²) < 4.78 is 0. The Morgan fingerprint density at radius 1 is 1.24 bits per heavy atom. The van der Waals surface area contributed by atoms with Crippen molar-refractivity contribution in [2.45, 2.75) is 32.7 Å². The van der Waals surface area contributed by atoms with Gasteiger partial charge in [0.2, 0.25) is 0 Å². The number of aryl methyl sites for hydroxylation is 2. The Hall–Kier alpha value is -2.17. The molecule has 0 aromatic heterocycles. The molecule has 5 nitrogen and oxygen atoms in total. The summed E-state index contributed by atoms with van der Waals surface area (Å²) in [5, 5.41) is 0. The van der Waals surface area contributed by atoms with Gasteiger partial charge in [0.1, 0.15) is 6.54 Å². The van der Waals surface area contributed by atoms with E-state index in [0.29, 0.717) is 5.56 Å². The Morgan fingerprint density at radius 2 is 1.95 bits per heavy atom. The van der Waals surface area contributed by atoms with Gasteiger partial charge in [-0.25, -0.2) is 4.79 Å². The summed E-state index contributed by atoms with van der Waals surface area (Å²) in [6.45, 7) is 3.72. The van der Waals surface area contributed by atoms with Crippen molar-refractivity contribution in [2.75, 3.05) is 13.1 Å². The minimum absolute atomic E-state index is 0.115. The zero-order chi connectivity index (χ0) is 15.1. The van der Waals surface area contributed by atoms with Crippen LogP contribution in [0.1, 0.15) is 34.3 Å². The highest BCUT2D eigenvalue weighted by Gasteiger charge is 2.44. The average molecular weight is 286 g/mol. The summed E-state index contributed by atoms with van der Waals surface area (Å²) in [5.41, 5.74) is 2.44. The maximum absolute atomic E-state index is 12.4. The highest BCUT2D eigenvalue weighted by molar-refractivity contribution is 6.08. The van der Waals surface area contributed by atoms with Gasteiger partial charge in [-0.05, 0) is 38.3 Å². The summed E-state index contributed by atoms with van der Waals surface area (Å²) in [7, 11) is 0. The van der Waals surface area contributed by atoms with E-state index in [2.05, 4.69) is 0 Å². The minimum Gasteiger partial charge on any atom is -0.312 e. The first-order valence-corrected chi connectivity index (χ1v) is 7.19. The quantitative estimate of drug-likeness (QED) is 0.627. The van der Waals surface area contributed by atoms with Crippen molar-refractivity contribution in [1.82, 2.24) is 9.80 Å². The lowest BCUT2D eigenvalue weighted by Crippen LogP contribution is -2.37. The third kappa shape index (κ3) is 2.55. The number of imide groups is 1. The molecule has 1 aromatic carbocycles. The zero-order valence-electron chi connectivity index (χ0n) is 12.3. The SMILES string of the molecule is Cc1ccc(C)c(C(=O)CN2C(=O)CN(C3CC3)C2=O)c1. The van der Waals surface area contributed by atoms with Crippen LogP contribution in [0, 0.1) is 13.8 Å². The van der Waals surface area contributed by atoms with Crippen molar-refractivity contribution in [2.24, 2.45) is 0 Å². The number of hydrogen-bond donors (Lipinski definition) is 0. The maximum Gasteiger partial charge on any atom is 0.327 e. The molecule has 5 heteroatoms. The second kappa shape index (κ2) is 4.98. The normalized spacial score (nSPS) is 18.6. The Balaban J connectivity index is 1.76. The van der Waals surface area contributed by atoms with Gasteiger partial charge in [0, 0.05) is 11.6 Å². The van der Waals surface area contributed by atoms with Gasteiger partial charge in [0.05, 0.1) is 6.54 Å². The fourth-order valence-electron chi connectivity index (χ4n) is 2.65. The monoisotopic (exact) mass is 286 g/mol. The number of ketones is 1. The van der Waals surface area contributed by atoms with Gasteiger partial charge in [0.15, 0.2) is 5.78 Å². The summed E-state index contributed by atoms with van der Waals surface area (Å²) in [6.07, 6.45) is 1.91. The summed E-state index contributed by atoms with van der Waals surface area (Å²) >= 11 is 0. The van der Waals surface area contributed by atoms with Crippen LogP contribution in [-0.2, 0) is 4.79 Å². The number of carbonyl (C=O) groups is 3. The standard InChI is InChI=1S/C16H18N2O3/c1-10-3-4-11(2)13(7-10)14(19)8-18-15(20)9-17(16(18)21)12-5-6-12/h3-4,7,12H,5-6,8-9H2,1-2H3. The van der Waals surface area contributed by atoms with Crippen molar-refractivity contribution in [3.05, 3.63) is 34.9 Å². The number of benzene rings is 1. The highest BCUT2D eigenvalue weighted by atomic mass is 16.2. The number of urea groups is 1. The lowest BCUT2D eigenvalue weighted by atomic mass is 10.0. The molecule has 1 saturated carbocycles. The fraction of sp³-hybridized carbons (Fsp3) is 0.438. The minimum atomic E-state index is -0.318. The Kier molecular flexibility index (Phi) is 3.27. The fourth-order valence-corrected chi connectivity index (χ4v) is 2.65. The molecule has 21 heavy (non-hydrogen) atoms. The molecule has 1 aliphatic heterocycles. The van der Waals surface area contributed by atoms with Crippen molar-refractivity contribution in [3.8, 4) is 0 Å². The van der Waals surface area contributed by atoms with Gasteiger partial charge in [-0.3, -0.25) is 14.5 Å². The Labute approximate surface area is 123 Å². The molecular formula is C16H18N2O3. The van der Waals surface area contributed by atoms with E-state index in [1.54, 1.807) is 11.0 Å². The highest BCUT2D eigenvalue weighted by Crippen LogP contribution is 2.30. The molecule has 2 aliphatic rings. The predicted octanol–water partition coefficient (Wildman–Crippen LogP) is 1.91. The van der Waals surface area contributed by atoms with Crippen molar-refractivity contribution in [3.63, 3.8) is 0 Å². The molecule has 3 rings (SSSR count). The van der Waals surface area contributed by atoms with Crippen LogP contribution in [0.15, 0.2) is 18.2 Å². The topological polar surface area (TPSA) is 57.7 Å². The van der Waals surface area contributed by atoms with Gasteiger partial charge in [-0.2, -0.15) is 0 Å². The molecule has 0 atom stereocenters. The van der Waals surface area contributed by atoms with Gasteiger partial charge in [-0.1, -0.05) is 17.7 Å². The van der Waals surface area contributed by atoms with Crippen LogP contribution >= 0.6 is 0 Å². The van der Waals surface area contributed by atoms with E-state index in [-0.39, 0.29) is 36.9 Å². The van der Waals surface area contributed by atoms with E-state index in [0.717, 1.165) is 28.9 Å². The third-order valence-electron chi connectivity index (χ3n) is 4.07. The molecule has 0 spiro atoms. The van der Waals surface area contributed by atoms with E-state index >= 15 is 0 Å². The maximum atomic E-state index is 12.4. The molecule has 1 aliphatic carbocycles. The van der Waals surface area contributed by atoms with E-state index in [1.807, 2.05) is 26.0 Å². The van der Waals surface area contributed by atoms with Crippen molar-refractivity contribution < 1.29 is 14.4 Å². The second-order valence-corrected chi connectivity index (χ2v) is 5.86. The molecular weight excluding hydrogens is 268 g/mol. The van der Waals surface area contributed by atoms with E-state index < -0.39 is 0 Å². The van der Waals surface area contributed by atoms with Crippen LogP contribution in [0.2, 0.25) is 0 Å². The molecule has 3 amide bonds. The first kappa shape index (κ1) is 13.8. The molecule has 0 N–H and O–H groups in total. The molecule has 1 saturated heterocycles. The molecule has 2 fully saturated rings. The lowest BCUT2D eigenvalue weighted by molar-refractivity contribution is -0.125. The predicted molar refractivity (Wildman–Crippen MR) is 77.1 cm³/mol.